The Labute approximate surface area is 85.9 Å². The van der Waals surface area contributed by atoms with Crippen LogP contribution >= 0.6 is 0 Å². The van der Waals surface area contributed by atoms with E-state index < -0.39 is 22.0 Å². The Hall–Kier alpha value is -2.05. The number of benzene rings is 1. The highest BCUT2D eigenvalue weighted by molar-refractivity contribution is 5.74. The number of aromatic nitrogens is 2. The van der Waals surface area contributed by atoms with Crippen molar-refractivity contribution in [3.63, 3.8) is 0 Å². The predicted octanol–water partition coefficient (Wildman–Crippen LogP) is 1.17. The molecule has 2 aromatic rings. The van der Waals surface area contributed by atoms with Crippen LogP contribution in [0.5, 0.6) is 0 Å². The molecule has 1 N–H and O–H groups in total. The summed E-state index contributed by atoms with van der Waals surface area (Å²) in [6.45, 7) is 0. The molecule has 0 amide bonds. The molecule has 0 fully saturated rings. The quantitative estimate of drug-likeness (QED) is 0.690. The topological polar surface area (TPSA) is 54.9 Å². The van der Waals surface area contributed by atoms with Crippen LogP contribution in [-0.2, 0) is 6.30 Å². The van der Waals surface area contributed by atoms with Gasteiger partial charge in [-0.3, -0.25) is 9.59 Å². The standard InChI is InChI=1S/C9H5F3N2O2/c10-9(11,12)14-6-4-2-1-3-5(6)13-7(15)8(14)16/h1-4H,(H,13,15). The number of hydrogen-bond acceptors (Lipinski definition) is 2. The van der Waals surface area contributed by atoms with Gasteiger partial charge in [-0.1, -0.05) is 12.1 Å². The van der Waals surface area contributed by atoms with E-state index in [-0.39, 0.29) is 11.0 Å². The molecule has 0 aliphatic carbocycles. The van der Waals surface area contributed by atoms with Crippen molar-refractivity contribution in [3.05, 3.63) is 45.0 Å². The number of nitrogens with zero attached hydrogens (tertiary/aromatic N) is 1. The molecule has 84 valence electrons. The smallest absolute Gasteiger partial charge is 0.316 e. The molecule has 0 radical (unpaired) electrons. The predicted molar refractivity (Wildman–Crippen MR) is 50.1 cm³/mol. The number of rotatable bonds is 0. The molecule has 0 saturated heterocycles. The van der Waals surface area contributed by atoms with Crippen LogP contribution in [0, 0.1) is 0 Å². The third kappa shape index (κ3) is 1.50. The molecular weight excluding hydrogens is 225 g/mol. The summed E-state index contributed by atoms with van der Waals surface area (Å²) >= 11 is 0. The third-order valence-corrected chi connectivity index (χ3v) is 2.04. The Morgan fingerprint density at radius 1 is 1.12 bits per heavy atom. The van der Waals surface area contributed by atoms with Crippen molar-refractivity contribution in [1.29, 1.82) is 0 Å². The van der Waals surface area contributed by atoms with Gasteiger partial charge in [0.05, 0.1) is 11.0 Å². The summed E-state index contributed by atoms with van der Waals surface area (Å²) < 4.78 is 37.2. The van der Waals surface area contributed by atoms with Gasteiger partial charge in [-0.25, -0.2) is 4.57 Å². The number of alkyl halides is 3. The summed E-state index contributed by atoms with van der Waals surface area (Å²) in [6.07, 6.45) is -4.91. The Morgan fingerprint density at radius 2 is 1.75 bits per heavy atom. The van der Waals surface area contributed by atoms with Gasteiger partial charge in [0.2, 0.25) is 0 Å². The highest BCUT2D eigenvalue weighted by Crippen LogP contribution is 2.23. The Bertz CT molecular complexity index is 654. The van der Waals surface area contributed by atoms with E-state index in [1.54, 1.807) is 0 Å². The number of halogens is 3. The van der Waals surface area contributed by atoms with Crippen molar-refractivity contribution in [2.24, 2.45) is 0 Å². The van der Waals surface area contributed by atoms with Gasteiger partial charge in [0.15, 0.2) is 0 Å². The molecule has 7 heteroatoms. The molecule has 0 saturated carbocycles. The molecule has 4 nitrogen and oxygen atoms in total. The average Bonchev–Trinajstić information content (AvgIpc) is 2.17. The van der Waals surface area contributed by atoms with Crippen LogP contribution in [0.3, 0.4) is 0 Å². The van der Waals surface area contributed by atoms with E-state index in [0.29, 0.717) is 0 Å². The fraction of sp³-hybridized carbons (Fsp3) is 0.111. The molecule has 0 unspecified atom stereocenters. The lowest BCUT2D eigenvalue weighted by atomic mass is 10.3. The van der Waals surface area contributed by atoms with Crippen LogP contribution in [0.2, 0.25) is 0 Å². The molecule has 1 aromatic carbocycles. The first-order chi connectivity index (χ1) is 7.41. The first-order valence-electron chi connectivity index (χ1n) is 4.22. The lowest BCUT2D eigenvalue weighted by Gasteiger charge is -2.11. The van der Waals surface area contributed by atoms with Gasteiger partial charge < -0.3 is 4.98 Å². The van der Waals surface area contributed by atoms with Gasteiger partial charge in [-0.15, -0.1) is 13.2 Å². The van der Waals surface area contributed by atoms with E-state index in [9.17, 15) is 22.8 Å². The zero-order valence-electron chi connectivity index (χ0n) is 7.71. The second-order valence-electron chi connectivity index (χ2n) is 3.08. The largest absolute Gasteiger partial charge is 0.492 e. The van der Waals surface area contributed by atoms with Gasteiger partial charge in [0.25, 0.3) is 0 Å². The summed E-state index contributed by atoms with van der Waals surface area (Å²) in [5.41, 5.74) is -3.34. The summed E-state index contributed by atoms with van der Waals surface area (Å²) in [7, 11) is 0. The first kappa shape index (κ1) is 10.5. The fourth-order valence-corrected chi connectivity index (χ4v) is 1.41. The van der Waals surface area contributed by atoms with Gasteiger partial charge in [0.1, 0.15) is 0 Å². The van der Waals surface area contributed by atoms with Gasteiger partial charge in [-0.05, 0) is 12.1 Å². The first-order valence-corrected chi connectivity index (χ1v) is 4.22. The van der Waals surface area contributed by atoms with Gasteiger partial charge in [-0.2, -0.15) is 0 Å². The molecule has 0 aliphatic rings. The van der Waals surface area contributed by atoms with E-state index in [1.165, 1.54) is 18.2 Å². The average molecular weight is 230 g/mol. The maximum absolute atomic E-state index is 12.6. The lowest BCUT2D eigenvalue weighted by molar-refractivity contribution is -0.203. The second kappa shape index (κ2) is 3.22. The van der Waals surface area contributed by atoms with E-state index >= 15 is 0 Å². The Balaban J connectivity index is 3.05. The van der Waals surface area contributed by atoms with E-state index in [1.807, 2.05) is 0 Å². The zero-order valence-corrected chi connectivity index (χ0v) is 7.71. The molecule has 1 aromatic heterocycles. The van der Waals surface area contributed by atoms with Crippen molar-refractivity contribution < 1.29 is 13.2 Å². The molecule has 2 rings (SSSR count). The molecule has 16 heavy (non-hydrogen) atoms. The number of fused-ring (bicyclic) bond motifs is 1. The normalized spacial score (nSPS) is 11.9. The fourth-order valence-electron chi connectivity index (χ4n) is 1.41. The number of para-hydroxylation sites is 2. The maximum atomic E-state index is 12.6. The zero-order chi connectivity index (χ0) is 11.9. The van der Waals surface area contributed by atoms with Crippen molar-refractivity contribution in [1.82, 2.24) is 9.55 Å². The highest BCUT2D eigenvalue weighted by atomic mass is 19.4. The van der Waals surface area contributed by atoms with E-state index in [2.05, 4.69) is 4.98 Å². The number of hydrogen-bond donors (Lipinski definition) is 1. The minimum atomic E-state index is -4.91. The van der Waals surface area contributed by atoms with Gasteiger partial charge in [0, 0.05) is 0 Å². The molecular formula is C9H5F3N2O2. The maximum Gasteiger partial charge on any atom is 0.492 e. The summed E-state index contributed by atoms with van der Waals surface area (Å²) in [5, 5.41) is 0. The highest BCUT2D eigenvalue weighted by Gasteiger charge is 2.34. The van der Waals surface area contributed by atoms with Crippen LogP contribution in [0.25, 0.3) is 11.0 Å². The van der Waals surface area contributed by atoms with Crippen LogP contribution < -0.4 is 11.1 Å². The van der Waals surface area contributed by atoms with E-state index in [0.717, 1.165) is 6.07 Å². The summed E-state index contributed by atoms with van der Waals surface area (Å²) in [6, 6.07) is 5.21. The number of nitrogens with one attached hydrogen (secondary N) is 1. The van der Waals surface area contributed by atoms with Crippen molar-refractivity contribution in [3.8, 4) is 0 Å². The number of H-pyrrole nitrogens is 1. The van der Waals surface area contributed by atoms with E-state index in [4.69, 9.17) is 0 Å². The Morgan fingerprint density at radius 3 is 2.38 bits per heavy atom. The van der Waals surface area contributed by atoms with Crippen LogP contribution in [0.1, 0.15) is 0 Å². The number of aromatic amines is 1. The van der Waals surface area contributed by atoms with Crippen molar-refractivity contribution in [2.45, 2.75) is 6.30 Å². The molecule has 0 aliphatic heterocycles. The molecule has 0 bridgehead atoms. The van der Waals surface area contributed by atoms with Crippen molar-refractivity contribution in [2.75, 3.05) is 0 Å². The summed E-state index contributed by atoms with van der Waals surface area (Å²) in [4.78, 5) is 24.2. The lowest BCUT2D eigenvalue weighted by Crippen LogP contribution is -2.41. The molecule has 1 heterocycles. The molecule has 0 spiro atoms. The monoisotopic (exact) mass is 230 g/mol. The third-order valence-electron chi connectivity index (χ3n) is 2.04. The van der Waals surface area contributed by atoms with Crippen LogP contribution in [-0.4, -0.2) is 9.55 Å². The van der Waals surface area contributed by atoms with Crippen molar-refractivity contribution >= 4 is 11.0 Å². The van der Waals surface area contributed by atoms with Crippen LogP contribution in [0.4, 0.5) is 13.2 Å². The minimum absolute atomic E-state index is 0.0376. The SMILES string of the molecule is O=c1[nH]c2ccccc2n(C(F)(F)F)c1=O. The minimum Gasteiger partial charge on any atom is -0.316 e. The van der Waals surface area contributed by atoms with Gasteiger partial charge >= 0.3 is 17.4 Å². The molecule has 0 atom stereocenters. The Kier molecular flexibility index (Phi) is 2.11. The van der Waals surface area contributed by atoms with Crippen LogP contribution in [0.15, 0.2) is 33.9 Å². The second-order valence-corrected chi connectivity index (χ2v) is 3.08. The summed E-state index contributed by atoms with van der Waals surface area (Å²) in [5.74, 6) is 0.